The van der Waals surface area contributed by atoms with Crippen molar-refractivity contribution in [3.63, 3.8) is 0 Å². The van der Waals surface area contributed by atoms with Crippen LogP contribution in [0.15, 0.2) is 12.1 Å². The fourth-order valence-electron chi connectivity index (χ4n) is 2.12. The van der Waals surface area contributed by atoms with Crippen LogP contribution in [0.1, 0.15) is 21.5 Å². The fraction of sp³-hybridized carbons (Fsp3) is 0.462. The Labute approximate surface area is 101 Å². The Bertz CT molecular complexity index is 451. The zero-order chi connectivity index (χ0) is 12.6. The highest BCUT2D eigenvalue weighted by Crippen LogP contribution is 2.23. The van der Waals surface area contributed by atoms with E-state index < -0.39 is 0 Å². The molecule has 1 saturated heterocycles. The summed E-state index contributed by atoms with van der Waals surface area (Å²) in [7, 11) is 0. The lowest BCUT2D eigenvalue weighted by Crippen LogP contribution is -2.51. The summed E-state index contributed by atoms with van der Waals surface area (Å²) in [5.74, 6) is 0.251. The first-order valence-electron chi connectivity index (χ1n) is 5.79. The predicted molar refractivity (Wildman–Crippen MR) is 66.8 cm³/mol. The number of carbonyl (C=O) groups excluding carboxylic acids is 1. The smallest absolute Gasteiger partial charge is 0.254 e. The van der Waals surface area contributed by atoms with Gasteiger partial charge >= 0.3 is 0 Å². The Balaban J connectivity index is 2.18. The average Bonchev–Trinajstić information content (AvgIpc) is 2.21. The van der Waals surface area contributed by atoms with E-state index >= 15 is 0 Å². The molecule has 0 unspecified atom stereocenters. The van der Waals surface area contributed by atoms with E-state index in [9.17, 15) is 4.79 Å². The summed E-state index contributed by atoms with van der Waals surface area (Å²) in [5.41, 5.74) is 9.10. The second-order valence-corrected chi connectivity index (χ2v) is 4.78. The lowest BCUT2D eigenvalue weighted by molar-refractivity contribution is 0.0361. The van der Waals surface area contributed by atoms with E-state index in [0.29, 0.717) is 24.3 Å². The van der Waals surface area contributed by atoms with Gasteiger partial charge in [0.05, 0.1) is 0 Å². The molecule has 1 amide bonds. The van der Waals surface area contributed by atoms with E-state index in [1.165, 1.54) is 0 Å². The normalized spacial score (nSPS) is 15.8. The Kier molecular flexibility index (Phi) is 3.07. The molecule has 1 aromatic carbocycles. The van der Waals surface area contributed by atoms with Gasteiger partial charge in [-0.05, 0) is 31.0 Å². The maximum atomic E-state index is 12.2. The molecule has 0 saturated carbocycles. The third-order valence-electron chi connectivity index (χ3n) is 3.35. The molecule has 1 fully saturated rings. The van der Waals surface area contributed by atoms with Gasteiger partial charge in [-0.25, -0.2) is 0 Å². The summed E-state index contributed by atoms with van der Waals surface area (Å²) < 4.78 is 0. The van der Waals surface area contributed by atoms with Crippen LogP contribution in [0.5, 0.6) is 0 Å². The van der Waals surface area contributed by atoms with Crippen molar-refractivity contribution in [1.29, 1.82) is 0 Å². The van der Waals surface area contributed by atoms with Gasteiger partial charge in [-0.1, -0.05) is 6.07 Å². The van der Waals surface area contributed by atoms with Crippen molar-refractivity contribution in [1.82, 2.24) is 4.90 Å². The van der Waals surface area contributed by atoms with Crippen molar-refractivity contribution in [3.05, 3.63) is 28.8 Å². The Morgan fingerprint density at radius 1 is 1.41 bits per heavy atom. The average molecular weight is 234 g/mol. The zero-order valence-electron chi connectivity index (χ0n) is 10.2. The number of amides is 1. The molecule has 0 bridgehead atoms. The van der Waals surface area contributed by atoms with Crippen LogP contribution < -0.4 is 5.73 Å². The number of benzene rings is 1. The molecule has 0 aliphatic carbocycles. The minimum absolute atomic E-state index is 0.0129. The van der Waals surface area contributed by atoms with Crippen LogP contribution in [-0.4, -0.2) is 35.6 Å². The second kappa shape index (κ2) is 4.37. The Morgan fingerprint density at radius 2 is 2.06 bits per heavy atom. The summed E-state index contributed by atoms with van der Waals surface area (Å²) in [6.07, 6.45) is 0. The minimum Gasteiger partial charge on any atom is -0.398 e. The molecular weight excluding hydrogens is 216 g/mol. The van der Waals surface area contributed by atoms with Crippen molar-refractivity contribution in [2.24, 2.45) is 5.92 Å². The molecule has 17 heavy (non-hydrogen) atoms. The number of carbonyl (C=O) groups is 1. The number of nitrogens with zero attached hydrogens (tertiary/aromatic N) is 1. The number of nitrogen functional groups attached to an aromatic ring is 1. The van der Waals surface area contributed by atoms with Crippen LogP contribution in [0.4, 0.5) is 5.69 Å². The largest absolute Gasteiger partial charge is 0.398 e. The Morgan fingerprint density at radius 3 is 2.65 bits per heavy atom. The van der Waals surface area contributed by atoms with E-state index in [2.05, 4.69) is 0 Å². The van der Waals surface area contributed by atoms with Crippen LogP contribution in [0, 0.1) is 19.8 Å². The van der Waals surface area contributed by atoms with E-state index in [0.717, 1.165) is 11.1 Å². The molecule has 92 valence electrons. The van der Waals surface area contributed by atoms with Gasteiger partial charge in [0.1, 0.15) is 0 Å². The number of nitrogens with two attached hydrogens (primary N) is 1. The summed E-state index contributed by atoms with van der Waals surface area (Å²) in [4.78, 5) is 13.9. The van der Waals surface area contributed by atoms with E-state index in [-0.39, 0.29) is 18.4 Å². The number of aliphatic hydroxyl groups is 1. The maximum absolute atomic E-state index is 12.2. The SMILES string of the molecule is Cc1cc(C)c(C(=O)N2CC(CO)C2)cc1N. The summed E-state index contributed by atoms with van der Waals surface area (Å²) in [6, 6.07) is 3.69. The monoisotopic (exact) mass is 234 g/mol. The number of rotatable bonds is 2. The van der Waals surface area contributed by atoms with Crippen molar-refractivity contribution in [2.45, 2.75) is 13.8 Å². The van der Waals surface area contributed by atoms with Crippen LogP contribution in [-0.2, 0) is 0 Å². The molecule has 1 aliphatic heterocycles. The molecule has 0 aromatic heterocycles. The molecule has 3 N–H and O–H groups in total. The van der Waals surface area contributed by atoms with Gasteiger partial charge in [0.15, 0.2) is 0 Å². The van der Waals surface area contributed by atoms with Gasteiger partial charge < -0.3 is 15.7 Å². The number of anilines is 1. The van der Waals surface area contributed by atoms with Crippen molar-refractivity contribution >= 4 is 11.6 Å². The van der Waals surface area contributed by atoms with Gasteiger partial charge in [0.2, 0.25) is 0 Å². The number of aliphatic hydroxyl groups excluding tert-OH is 1. The molecule has 4 nitrogen and oxygen atoms in total. The Hall–Kier alpha value is -1.55. The molecule has 4 heteroatoms. The molecule has 0 atom stereocenters. The number of likely N-dealkylation sites (tertiary alicyclic amines) is 1. The van der Waals surface area contributed by atoms with Crippen molar-refractivity contribution in [3.8, 4) is 0 Å². The summed E-state index contributed by atoms with van der Waals surface area (Å²) >= 11 is 0. The van der Waals surface area contributed by atoms with Crippen LogP contribution in [0.2, 0.25) is 0 Å². The predicted octanol–water partition coefficient (Wildman–Crippen LogP) is 0.950. The highest BCUT2D eigenvalue weighted by atomic mass is 16.3. The van der Waals surface area contributed by atoms with E-state index in [1.807, 2.05) is 19.9 Å². The molecular formula is C13H18N2O2. The summed E-state index contributed by atoms with van der Waals surface area (Å²) in [5, 5.41) is 8.93. The number of hydrogen-bond acceptors (Lipinski definition) is 3. The van der Waals surface area contributed by atoms with E-state index in [1.54, 1.807) is 11.0 Å². The summed E-state index contributed by atoms with van der Waals surface area (Å²) in [6.45, 7) is 5.29. The van der Waals surface area contributed by atoms with Gasteiger partial charge in [0.25, 0.3) is 5.91 Å². The van der Waals surface area contributed by atoms with E-state index in [4.69, 9.17) is 10.8 Å². The van der Waals surface area contributed by atoms with Gasteiger partial charge in [0, 0.05) is 36.9 Å². The molecule has 0 spiro atoms. The lowest BCUT2D eigenvalue weighted by atomic mass is 9.97. The molecule has 1 aliphatic rings. The first-order valence-corrected chi connectivity index (χ1v) is 5.79. The second-order valence-electron chi connectivity index (χ2n) is 4.78. The third kappa shape index (κ3) is 2.13. The number of hydrogen-bond donors (Lipinski definition) is 2. The molecule has 1 aromatic rings. The topological polar surface area (TPSA) is 66.6 Å². The minimum atomic E-state index is 0.0129. The van der Waals surface area contributed by atoms with Gasteiger partial charge in [-0.2, -0.15) is 0 Å². The lowest BCUT2D eigenvalue weighted by Gasteiger charge is -2.38. The molecule has 2 rings (SSSR count). The van der Waals surface area contributed by atoms with Crippen molar-refractivity contribution < 1.29 is 9.90 Å². The third-order valence-corrected chi connectivity index (χ3v) is 3.35. The van der Waals surface area contributed by atoms with Crippen LogP contribution >= 0.6 is 0 Å². The van der Waals surface area contributed by atoms with Crippen LogP contribution in [0.3, 0.4) is 0 Å². The highest BCUT2D eigenvalue weighted by Gasteiger charge is 2.31. The molecule has 0 radical (unpaired) electrons. The zero-order valence-corrected chi connectivity index (χ0v) is 10.2. The first kappa shape index (κ1) is 11.9. The van der Waals surface area contributed by atoms with Crippen molar-refractivity contribution in [2.75, 3.05) is 25.4 Å². The standard InChI is InChI=1S/C13H18N2O2/c1-8-3-9(2)12(14)4-11(8)13(17)15-5-10(6-15)7-16/h3-4,10,16H,5-7,14H2,1-2H3. The highest BCUT2D eigenvalue weighted by molar-refractivity contribution is 5.97. The fourth-order valence-corrected chi connectivity index (χ4v) is 2.12. The quantitative estimate of drug-likeness (QED) is 0.749. The molecule has 1 heterocycles. The van der Waals surface area contributed by atoms with Gasteiger partial charge in [-0.3, -0.25) is 4.79 Å². The maximum Gasteiger partial charge on any atom is 0.254 e. The van der Waals surface area contributed by atoms with Crippen LogP contribution in [0.25, 0.3) is 0 Å². The van der Waals surface area contributed by atoms with Gasteiger partial charge in [-0.15, -0.1) is 0 Å². The first-order chi connectivity index (χ1) is 8.02. The number of aryl methyl sites for hydroxylation is 2.